The second kappa shape index (κ2) is 5.79. The number of rotatable bonds is 3. The molecule has 0 amide bonds. The molecular formula is C16H13BrFN3. The predicted octanol–water partition coefficient (Wildman–Crippen LogP) is 4.03. The first-order chi connectivity index (χ1) is 10.1. The van der Waals surface area contributed by atoms with Crippen molar-refractivity contribution in [2.24, 2.45) is 5.73 Å². The van der Waals surface area contributed by atoms with Gasteiger partial charge in [0.05, 0.1) is 22.4 Å². The van der Waals surface area contributed by atoms with E-state index >= 15 is 0 Å². The Hall–Kier alpha value is -1.98. The topological polar surface area (TPSA) is 54.7 Å². The molecule has 0 aliphatic rings. The van der Waals surface area contributed by atoms with Crippen molar-refractivity contribution in [3.05, 3.63) is 76.4 Å². The van der Waals surface area contributed by atoms with Crippen molar-refractivity contribution < 1.29 is 4.39 Å². The molecule has 0 fully saturated rings. The van der Waals surface area contributed by atoms with Gasteiger partial charge in [-0.2, -0.15) is 0 Å². The molecule has 0 saturated heterocycles. The highest BCUT2D eigenvalue weighted by Gasteiger charge is 2.13. The Morgan fingerprint density at radius 3 is 2.62 bits per heavy atom. The van der Waals surface area contributed by atoms with Crippen LogP contribution in [0, 0.1) is 5.82 Å². The van der Waals surface area contributed by atoms with E-state index in [4.69, 9.17) is 5.73 Å². The molecule has 0 spiro atoms. The van der Waals surface area contributed by atoms with E-state index in [1.54, 1.807) is 18.3 Å². The van der Waals surface area contributed by atoms with Gasteiger partial charge in [-0.05, 0) is 39.7 Å². The molecule has 21 heavy (non-hydrogen) atoms. The Morgan fingerprint density at radius 2 is 1.90 bits per heavy atom. The average molecular weight is 346 g/mol. The van der Waals surface area contributed by atoms with Gasteiger partial charge in [0.25, 0.3) is 0 Å². The van der Waals surface area contributed by atoms with Gasteiger partial charge >= 0.3 is 0 Å². The van der Waals surface area contributed by atoms with Crippen LogP contribution in [0.15, 0.2) is 59.2 Å². The molecule has 3 N–H and O–H groups in total. The zero-order valence-electron chi connectivity index (χ0n) is 11.1. The van der Waals surface area contributed by atoms with Crippen LogP contribution >= 0.6 is 15.9 Å². The summed E-state index contributed by atoms with van der Waals surface area (Å²) < 4.78 is 13.7. The van der Waals surface area contributed by atoms with E-state index in [1.165, 1.54) is 6.07 Å². The highest BCUT2D eigenvalue weighted by atomic mass is 79.9. The second-order valence-electron chi connectivity index (χ2n) is 4.70. The van der Waals surface area contributed by atoms with E-state index in [1.807, 2.05) is 30.3 Å². The van der Waals surface area contributed by atoms with Crippen molar-refractivity contribution in [1.82, 2.24) is 9.97 Å². The van der Waals surface area contributed by atoms with E-state index in [9.17, 15) is 4.39 Å². The molecule has 0 aliphatic heterocycles. The Balaban J connectivity index is 1.91. The van der Waals surface area contributed by atoms with E-state index in [0.717, 1.165) is 16.8 Å². The normalized spacial score (nSPS) is 12.3. The van der Waals surface area contributed by atoms with Crippen LogP contribution in [0.3, 0.4) is 0 Å². The minimum Gasteiger partial charge on any atom is -0.340 e. The van der Waals surface area contributed by atoms with Crippen molar-refractivity contribution in [2.75, 3.05) is 0 Å². The highest BCUT2D eigenvalue weighted by Crippen LogP contribution is 2.25. The van der Waals surface area contributed by atoms with Gasteiger partial charge in [0.2, 0.25) is 0 Å². The third-order valence-corrected chi connectivity index (χ3v) is 3.89. The molecule has 0 saturated carbocycles. The largest absolute Gasteiger partial charge is 0.340 e. The van der Waals surface area contributed by atoms with Crippen LogP contribution in [0.25, 0.3) is 11.3 Å². The Kier molecular flexibility index (Phi) is 3.86. The zero-order valence-corrected chi connectivity index (χ0v) is 12.6. The lowest BCUT2D eigenvalue weighted by atomic mass is 10.1. The van der Waals surface area contributed by atoms with Gasteiger partial charge in [-0.15, -0.1) is 0 Å². The number of halogens is 2. The van der Waals surface area contributed by atoms with Gasteiger partial charge in [-0.1, -0.05) is 30.3 Å². The van der Waals surface area contributed by atoms with Crippen molar-refractivity contribution in [3.63, 3.8) is 0 Å². The van der Waals surface area contributed by atoms with E-state index in [-0.39, 0.29) is 11.9 Å². The molecule has 106 valence electrons. The molecule has 3 rings (SSSR count). The maximum absolute atomic E-state index is 13.3. The quantitative estimate of drug-likeness (QED) is 0.752. The minimum absolute atomic E-state index is 0.292. The molecule has 5 heteroatoms. The van der Waals surface area contributed by atoms with Crippen molar-refractivity contribution in [3.8, 4) is 11.3 Å². The summed E-state index contributed by atoms with van der Waals surface area (Å²) in [4.78, 5) is 7.53. The Labute approximate surface area is 130 Å². The number of hydrogen-bond acceptors (Lipinski definition) is 2. The first-order valence-corrected chi connectivity index (χ1v) is 7.25. The lowest BCUT2D eigenvalue weighted by Crippen LogP contribution is -2.13. The maximum Gasteiger partial charge on any atom is 0.137 e. The molecule has 1 unspecified atom stereocenters. The molecule has 2 aromatic carbocycles. The van der Waals surface area contributed by atoms with Gasteiger partial charge < -0.3 is 10.7 Å². The second-order valence-corrected chi connectivity index (χ2v) is 5.55. The predicted molar refractivity (Wildman–Crippen MR) is 84.2 cm³/mol. The smallest absolute Gasteiger partial charge is 0.137 e. The monoisotopic (exact) mass is 345 g/mol. The summed E-state index contributed by atoms with van der Waals surface area (Å²) in [6, 6.07) is 14.3. The van der Waals surface area contributed by atoms with E-state index in [2.05, 4.69) is 25.9 Å². The fraction of sp³-hybridized carbons (Fsp3) is 0.0625. The first kappa shape index (κ1) is 14.0. The fourth-order valence-electron chi connectivity index (χ4n) is 2.12. The van der Waals surface area contributed by atoms with Gasteiger partial charge in [0.15, 0.2) is 0 Å². The van der Waals surface area contributed by atoms with Crippen LogP contribution in [0.5, 0.6) is 0 Å². The van der Waals surface area contributed by atoms with Crippen LogP contribution in [-0.2, 0) is 0 Å². The summed E-state index contributed by atoms with van der Waals surface area (Å²) in [6.45, 7) is 0. The summed E-state index contributed by atoms with van der Waals surface area (Å²) in [5, 5.41) is 0. The fourth-order valence-corrected chi connectivity index (χ4v) is 2.50. The molecule has 1 heterocycles. The van der Waals surface area contributed by atoms with Gasteiger partial charge in [0, 0.05) is 5.56 Å². The average Bonchev–Trinajstić information content (AvgIpc) is 3.00. The molecule has 0 aliphatic carbocycles. The number of nitrogens with two attached hydrogens (primary N) is 1. The van der Waals surface area contributed by atoms with Crippen molar-refractivity contribution >= 4 is 15.9 Å². The number of aromatic amines is 1. The zero-order chi connectivity index (χ0) is 14.8. The molecule has 1 aromatic heterocycles. The number of H-pyrrole nitrogens is 1. The number of nitrogens with zero attached hydrogens (tertiary/aromatic N) is 1. The molecule has 3 nitrogen and oxygen atoms in total. The van der Waals surface area contributed by atoms with Crippen LogP contribution < -0.4 is 5.73 Å². The van der Waals surface area contributed by atoms with Crippen molar-refractivity contribution in [1.29, 1.82) is 0 Å². The number of aromatic nitrogens is 2. The van der Waals surface area contributed by atoms with Gasteiger partial charge in [-0.25, -0.2) is 9.37 Å². The molecule has 0 radical (unpaired) electrons. The minimum atomic E-state index is -0.316. The molecule has 0 bridgehead atoms. The summed E-state index contributed by atoms with van der Waals surface area (Å²) in [7, 11) is 0. The number of hydrogen-bond donors (Lipinski definition) is 2. The SMILES string of the molecule is NC(c1ccccc1)c1ncc(-c2ccc(F)c(Br)c2)[nH]1. The van der Waals surface area contributed by atoms with Crippen LogP contribution in [0.4, 0.5) is 4.39 Å². The van der Waals surface area contributed by atoms with E-state index in [0.29, 0.717) is 10.3 Å². The molecule has 3 aromatic rings. The van der Waals surface area contributed by atoms with Gasteiger partial charge in [-0.3, -0.25) is 0 Å². The third kappa shape index (κ3) is 2.89. The van der Waals surface area contributed by atoms with Gasteiger partial charge in [0.1, 0.15) is 11.6 Å². The lowest BCUT2D eigenvalue weighted by Gasteiger charge is -2.08. The Bertz CT molecular complexity index is 755. The summed E-state index contributed by atoms with van der Waals surface area (Å²) in [5.74, 6) is 0.385. The van der Waals surface area contributed by atoms with Crippen LogP contribution in [0.2, 0.25) is 0 Å². The standard InChI is InChI=1S/C16H13BrFN3/c17-12-8-11(6-7-13(12)18)14-9-20-16(21-14)15(19)10-4-2-1-3-5-10/h1-9,15H,19H2,(H,20,21). The van der Waals surface area contributed by atoms with E-state index < -0.39 is 0 Å². The number of nitrogens with one attached hydrogen (secondary N) is 1. The number of imidazole rings is 1. The Morgan fingerprint density at radius 1 is 1.14 bits per heavy atom. The van der Waals surface area contributed by atoms with Crippen LogP contribution in [-0.4, -0.2) is 9.97 Å². The van der Waals surface area contributed by atoms with Crippen molar-refractivity contribution in [2.45, 2.75) is 6.04 Å². The third-order valence-electron chi connectivity index (χ3n) is 3.28. The highest BCUT2D eigenvalue weighted by molar-refractivity contribution is 9.10. The number of benzene rings is 2. The summed E-state index contributed by atoms with van der Waals surface area (Å²) in [5.41, 5.74) is 8.84. The molecular weight excluding hydrogens is 333 g/mol. The first-order valence-electron chi connectivity index (χ1n) is 6.46. The summed E-state index contributed by atoms with van der Waals surface area (Å²) in [6.07, 6.45) is 1.71. The summed E-state index contributed by atoms with van der Waals surface area (Å²) >= 11 is 3.18. The maximum atomic E-state index is 13.3. The molecule has 1 atom stereocenters. The van der Waals surface area contributed by atoms with Crippen LogP contribution in [0.1, 0.15) is 17.4 Å². The lowest BCUT2D eigenvalue weighted by molar-refractivity contribution is 0.621.